The van der Waals surface area contributed by atoms with E-state index in [2.05, 4.69) is 32.1 Å². The number of alkyl halides is 3. The first-order valence-electron chi connectivity index (χ1n) is 20.6. The summed E-state index contributed by atoms with van der Waals surface area (Å²) < 4.78 is 58.3. The van der Waals surface area contributed by atoms with E-state index >= 15 is 13.2 Å². The zero-order valence-corrected chi connectivity index (χ0v) is 33.4. The van der Waals surface area contributed by atoms with Gasteiger partial charge in [-0.25, -0.2) is 24.7 Å². The van der Waals surface area contributed by atoms with Crippen molar-refractivity contribution in [1.29, 1.82) is 0 Å². The zero-order chi connectivity index (χ0) is 40.8. The summed E-state index contributed by atoms with van der Waals surface area (Å²) in [5.41, 5.74) is -2.58. The van der Waals surface area contributed by atoms with Gasteiger partial charge in [0.1, 0.15) is 17.4 Å². The molecule has 8 rings (SSSR count). The number of amides is 1. The fourth-order valence-electron chi connectivity index (χ4n) is 10.4. The van der Waals surface area contributed by atoms with Crippen molar-refractivity contribution in [3.05, 3.63) is 59.2 Å². The summed E-state index contributed by atoms with van der Waals surface area (Å²) in [5, 5.41) is 13.2. The molecule has 4 atom stereocenters. The van der Waals surface area contributed by atoms with E-state index in [1.807, 2.05) is 37.2 Å². The fourth-order valence-corrected chi connectivity index (χ4v) is 10.4. The summed E-state index contributed by atoms with van der Waals surface area (Å²) in [6.07, 6.45) is 3.93. The van der Waals surface area contributed by atoms with E-state index in [-0.39, 0.29) is 48.3 Å². The zero-order valence-electron chi connectivity index (χ0n) is 33.4. The molecule has 2 aromatic heterocycles. The SMILES string of the molecule is CC1CC2CC(C1)C(NC(=O)c1c(CCCN(C)C)nc(N3CC4(CCOCC4)c4cc(OC5CCN(c6ncccn6)CC5)ccc43)nc1C(F)(F)F)(C(=O)O)C2. The number of halogens is 3. The molecule has 2 aliphatic carbocycles. The molecule has 2 saturated heterocycles. The summed E-state index contributed by atoms with van der Waals surface area (Å²) in [4.78, 5) is 50.8. The highest BCUT2D eigenvalue weighted by molar-refractivity contribution is 6.00. The van der Waals surface area contributed by atoms with Crippen molar-refractivity contribution >= 4 is 29.5 Å². The van der Waals surface area contributed by atoms with Crippen LogP contribution in [0, 0.1) is 17.8 Å². The number of carbonyl (C=O) groups is 2. The number of fused-ring (bicyclic) bond motifs is 4. The molecule has 58 heavy (non-hydrogen) atoms. The molecule has 5 aliphatic rings. The molecule has 1 amide bonds. The Balaban J connectivity index is 1.13. The summed E-state index contributed by atoms with van der Waals surface area (Å²) in [6, 6.07) is 7.53. The lowest BCUT2D eigenvalue weighted by atomic mass is 9.76. The van der Waals surface area contributed by atoms with Crippen molar-refractivity contribution < 1.29 is 37.3 Å². The molecule has 3 aromatic rings. The van der Waals surface area contributed by atoms with E-state index in [9.17, 15) is 14.7 Å². The number of carboxylic acid groups (broad SMARTS) is 1. The number of anilines is 3. The first-order valence-corrected chi connectivity index (χ1v) is 20.6. The molecule has 312 valence electrons. The van der Waals surface area contributed by atoms with Gasteiger partial charge in [0, 0.05) is 69.2 Å². The van der Waals surface area contributed by atoms with E-state index < -0.39 is 40.3 Å². The number of ether oxygens (including phenoxy) is 2. The molecule has 2 bridgehead atoms. The van der Waals surface area contributed by atoms with Crippen LogP contribution in [0.4, 0.5) is 30.8 Å². The van der Waals surface area contributed by atoms with Gasteiger partial charge in [-0.2, -0.15) is 13.2 Å². The molecule has 2 saturated carbocycles. The van der Waals surface area contributed by atoms with Crippen molar-refractivity contribution in [2.24, 2.45) is 17.8 Å². The van der Waals surface area contributed by atoms with Crippen molar-refractivity contribution in [2.45, 2.75) is 94.4 Å². The van der Waals surface area contributed by atoms with Crippen LogP contribution in [0.1, 0.15) is 92.0 Å². The summed E-state index contributed by atoms with van der Waals surface area (Å²) in [5.74, 6) is -1.11. The fraction of sp³-hybridized carbons (Fsp3) is 0.619. The van der Waals surface area contributed by atoms with Crippen LogP contribution in [0.15, 0.2) is 36.7 Å². The first-order chi connectivity index (χ1) is 27.7. The number of aliphatic carboxylic acids is 1. The van der Waals surface area contributed by atoms with Gasteiger partial charge in [0.15, 0.2) is 5.69 Å². The van der Waals surface area contributed by atoms with Crippen molar-refractivity contribution in [2.75, 3.05) is 63.3 Å². The average molecular weight is 807 g/mol. The predicted molar refractivity (Wildman–Crippen MR) is 209 cm³/mol. The molecule has 0 radical (unpaired) electrons. The third kappa shape index (κ3) is 7.81. The van der Waals surface area contributed by atoms with E-state index in [1.54, 1.807) is 23.4 Å². The molecule has 5 heterocycles. The van der Waals surface area contributed by atoms with Crippen LogP contribution in [0.3, 0.4) is 0 Å². The quantitative estimate of drug-likeness (QED) is 0.233. The average Bonchev–Trinajstić information content (AvgIpc) is 3.64. The van der Waals surface area contributed by atoms with Crippen LogP contribution in [-0.2, 0) is 27.5 Å². The van der Waals surface area contributed by atoms with E-state index in [0.717, 1.165) is 37.9 Å². The van der Waals surface area contributed by atoms with Crippen LogP contribution in [0.25, 0.3) is 0 Å². The lowest BCUT2D eigenvalue weighted by Crippen LogP contribution is -2.57. The molecule has 2 N–H and O–H groups in total. The van der Waals surface area contributed by atoms with Gasteiger partial charge in [0.05, 0.1) is 11.3 Å². The Morgan fingerprint density at radius 2 is 1.79 bits per heavy atom. The number of nitrogens with zero attached hydrogens (tertiary/aromatic N) is 7. The number of benzene rings is 1. The largest absolute Gasteiger partial charge is 0.490 e. The van der Waals surface area contributed by atoms with Crippen molar-refractivity contribution in [3.63, 3.8) is 0 Å². The Morgan fingerprint density at radius 1 is 1.05 bits per heavy atom. The normalized spacial score (nSPS) is 25.6. The minimum atomic E-state index is -5.03. The van der Waals surface area contributed by atoms with Gasteiger partial charge in [0.2, 0.25) is 11.9 Å². The molecule has 1 aromatic carbocycles. The highest BCUT2D eigenvalue weighted by Crippen LogP contribution is 2.52. The number of hydrogen-bond acceptors (Lipinski definition) is 11. The second-order valence-corrected chi connectivity index (χ2v) is 17.4. The number of rotatable bonds is 11. The number of aromatic nitrogens is 4. The van der Waals surface area contributed by atoms with Gasteiger partial charge < -0.3 is 34.6 Å². The van der Waals surface area contributed by atoms with Crippen LogP contribution in [0.2, 0.25) is 0 Å². The highest BCUT2D eigenvalue weighted by Gasteiger charge is 2.57. The van der Waals surface area contributed by atoms with Crippen molar-refractivity contribution in [1.82, 2.24) is 30.2 Å². The number of carbonyl (C=O) groups excluding carboxylic acids is 1. The summed E-state index contributed by atoms with van der Waals surface area (Å²) in [7, 11) is 3.73. The van der Waals surface area contributed by atoms with E-state index in [0.29, 0.717) is 75.8 Å². The van der Waals surface area contributed by atoms with Gasteiger partial charge in [-0.15, -0.1) is 0 Å². The summed E-state index contributed by atoms with van der Waals surface area (Å²) in [6.45, 7) is 5.40. The van der Waals surface area contributed by atoms with Gasteiger partial charge in [0.25, 0.3) is 5.91 Å². The third-order valence-electron chi connectivity index (χ3n) is 13.1. The second-order valence-electron chi connectivity index (χ2n) is 17.4. The van der Waals surface area contributed by atoms with Crippen LogP contribution >= 0.6 is 0 Å². The number of piperidine rings is 1. The Labute approximate surface area is 336 Å². The van der Waals surface area contributed by atoms with Crippen LogP contribution in [-0.4, -0.2) is 107 Å². The second kappa shape index (κ2) is 15.9. The number of nitrogens with one attached hydrogen (secondary N) is 1. The van der Waals surface area contributed by atoms with Crippen LogP contribution < -0.4 is 19.9 Å². The molecule has 13 nitrogen and oxygen atoms in total. The third-order valence-corrected chi connectivity index (χ3v) is 13.1. The number of carboxylic acids is 1. The molecule has 4 fully saturated rings. The Hall–Kier alpha value is -4.57. The van der Waals surface area contributed by atoms with Gasteiger partial charge in [-0.05, 0) is 120 Å². The van der Waals surface area contributed by atoms with Crippen molar-refractivity contribution in [3.8, 4) is 5.75 Å². The molecular formula is C42H53F3N8O5. The number of hydrogen-bond donors (Lipinski definition) is 2. The maximum Gasteiger partial charge on any atom is 0.434 e. The Kier molecular flexibility index (Phi) is 11.0. The minimum absolute atomic E-state index is 0.0327. The molecule has 3 aliphatic heterocycles. The van der Waals surface area contributed by atoms with Crippen LogP contribution in [0.5, 0.6) is 5.75 Å². The lowest BCUT2D eigenvalue weighted by Gasteiger charge is -2.35. The maximum atomic E-state index is 15.3. The monoisotopic (exact) mass is 806 g/mol. The van der Waals surface area contributed by atoms with E-state index in [4.69, 9.17) is 14.5 Å². The number of aryl methyl sites for hydroxylation is 1. The standard InChI is InChI=1S/C42H53F3N8O5/c1-26-20-27-22-28(21-26)41(24-27,37(55)56)50-36(54)34-32(6-4-15-51(2)3)48-39(49-35(34)42(43,44)45)53-25-40(11-18-57-19-12-40)31-23-30(7-8-33(31)53)58-29-9-16-52(17-10-29)38-46-13-5-14-47-38/h5,7-8,13-14,23,26-29H,4,6,9-12,15-22,24-25H2,1-3H3,(H,50,54)(H,55,56). The Morgan fingerprint density at radius 3 is 2.48 bits per heavy atom. The molecule has 4 unspecified atom stereocenters. The topological polar surface area (TPSA) is 146 Å². The maximum absolute atomic E-state index is 15.3. The van der Waals surface area contributed by atoms with Gasteiger partial charge >= 0.3 is 12.1 Å². The van der Waals surface area contributed by atoms with E-state index in [1.165, 1.54) is 0 Å². The predicted octanol–water partition coefficient (Wildman–Crippen LogP) is 6.04. The molecular weight excluding hydrogens is 754 g/mol. The Bertz CT molecular complexity index is 1990. The highest BCUT2D eigenvalue weighted by atomic mass is 19.4. The smallest absolute Gasteiger partial charge is 0.434 e. The minimum Gasteiger partial charge on any atom is -0.490 e. The first kappa shape index (κ1) is 40.2. The van der Waals surface area contributed by atoms with Gasteiger partial charge in [-0.3, -0.25) is 4.79 Å². The molecule has 16 heteroatoms. The van der Waals surface area contributed by atoms with Gasteiger partial charge in [-0.1, -0.05) is 6.92 Å². The molecule has 1 spiro atoms. The summed E-state index contributed by atoms with van der Waals surface area (Å²) >= 11 is 0. The lowest BCUT2D eigenvalue weighted by molar-refractivity contribution is -0.146.